The van der Waals surface area contributed by atoms with Crippen molar-refractivity contribution < 1.29 is 13.2 Å². The van der Waals surface area contributed by atoms with Gasteiger partial charge in [-0.05, 0) is 24.3 Å². The third-order valence-electron chi connectivity index (χ3n) is 3.41. The van der Waals surface area contributed by atoms with E-state index in [1.165, 1.54) is 30.5 Å². The average Bonchev–Trinajstić information content (AvgIpc) is 2.57. The molecule has 0 aliphatic rings. The Kier molecular flexibility index (Phi) is 4.56. The molecule has 0 spiro atoms. The third-order valence-corrected chi connectivity index (χ3v) is 5.02. The zero-order valence-corrected chi connectivity index (χ0v) is 14.3. The molecule has 1 amide bonds. The lowest BCUT2D eigenvalue weighted by Crippen LogP contribution is -2.37. The molecule has 0 unspecified atom stereocenters. The van der Waals surface area contributed by atoms with Crippen LogP contribution in [-0.2, 0) is 21.4 Å². The predicted molar refractivity (Wildman–Crippen MR) is 92.8 cm³/mol. The minimum absolute atomic E-state index is 0.146. The number of carbonyl (C=O) groups is 1. The molecular weight excluding hydrogens is 366 g/mol. The van der Waals surface area contributed by atoms with Crippen LogP contribution in [0.5, 0.6) is 0 Å². The van der Waals surface area contributed by atoms with Gasteiger partial charge in [-0.25, -0.2) is 17.8 Å². The molecule has 128 valence electrons. The van der Waals surface area contributed by atoms with Crippen LogP contribution in [-0.4, -0.2) is 24.1 Å². The van der Waals surface area contributed by atoms with Gasteiger partial charge in [0.1, 0.15) is 6.54 Å². The molecule has 3 aromatic rings. The quantitative estimate of drug-likeness (QED) is 0.744. The van der Waals surface area contributed by atoms with E-state index in [1.807, 2.05) is 4.72 Å². The third kappa shape index (κ3) is 3.70. The van der Waals surface area contributed by atoms with E-state index in [0.29, 0.717) is 10.8 Å². The predicted octanol–water partition coefficient (Wildman–Crippen LogP) is 1.55. The number of hydrogen-bond donors (Lipinski definition) is 1. The smallest absolute Gasteiger partial charge is 0.272 e. The van der Waals surface area contributed by atoms with Gasteiger partial charge in [-0.15, -0.1) is 0 Å². The number of carbonyl (C=O) groups excluding carboxylic acids is 1. The molecule has 1 aromatic heterocycles. The Balaban J connectivity index is 1.83. The summed E-state index contributed by atoms with van der Waals surface area (Å²) in [5, 5.41) is 5.14. The van der Waals surface area contributed by atoms with Crippen LogP contribution in [0.15, 0.2) is 64.4 Å². The van der Waals surface area contributed by atoms with Crippen LogP contribution in [0.3, 0.4) is 0 Å². The van der Waals surface area contributed by atoms with E-state index in [-0.39, 0.29) is 9.92 Å². The lowest BCUT2D eigenvalue weighted by molar-refractivity contribution is -0.120. The number of benzene rings is 2. The van der Waals surface area contributed by atoms with E-state index in [4.69, 9.17) is 11.6 Å². The van der Waals surface area contributed by atoms with Crippen molar-refractivity contribution >= 4 is 38.3 Å². The lowest BCUT2D eigenvalue weighted by atomic mass is 10.2. The standard InChI is InChI=1S/C16H12ClN3O4S/c17-12-5-3-6-13(8-12)25(23,24)19-15(21)10-20-16(22)14-7-2-1-4-11(14)9-18-20/h1-9H,10H2,(H,19,21). The Hall–Kier alpha value is -2.71. The molecule has 9 heteroatoms. The summed E-state index contributed by atoms with van der Waals surface area (Å²) in [6.45, 7) is -0.524. The Labute approximate surface area is 147 Å². The number of nitrogens with zero attached hydrogens (tertiary/aromatic N) is 2. The SMILES string of the molecule is O=C(Cn1ncc2ccccc2c1=O)NS(=O)(=O)c1cccc(Cl)c1. The number of amides is 1. The van der Waals surface area contributed by atoms with Gasteiger partial charge in [0.05, 0.1) is 16.5 Å². The molecule has 0 saturated carbocycles. The van der Waals surface area contributed by atoms with Crippen molar-refractivity contribution in [3.05, 3.63) is 70.1 Å². The molecule has 2 aromatic carbocycles. The Morgan fingerprint density at radius 3 is 2.68 bits per heavy atom. The Morgan fingerprint density at radius 2 is 1.92 bits per heavy atom. The highest BCUT2D eigenvalue weighted by molar-refractivity contribution is 7.90. The minimum Gasteiger partial charge on any atom is -0.272 e. The van der Waals surface area contributed by atoms with Gasteiger partial charge >= 0.3 is 0 Å². The zero-order valence-electron chi connectivity index (χ0n) is 12.7. The van der Waals surface area contributed by atoms with Crippen molar-refractivity contribution in [2.45, 2.75) is 11.4 Å². The second kappa shape index (κ2) is 6.66. The monoisotopic (exact) mass is 377 g/mol. The first-order valence-electron chi connectivity index (χ1n) is 7.13. The fraction of sp³-hybridized carbons (Fsp3) is 0.0625. The van der Waals surface area contributed by atoms with Crippen molar-refractivity contribution in [2.75, 3.05) is 0 Å². The maximum absolute atomic E-state index is 12.3. The van der Waals surface area contributed by atoms with Crippen LogP contribution >= 0.6 is 11.6 Å². The summed E-state index contributed by atoms with van der Waals surface area (Å²) in [7, 11) is -4.08. The van der Waals surface area contributed by atoms with Crippen molar-refractivity contribution in [1.29, 1.82) is 0 Å². The highest BCUT2D eigenvalue weighted by atomic mass is 35.5. The maximum Gasteiger partial charge on any atom is 0.275 e. The zero-order chi connectivity index (χ0) is 18.0. The first-order valence-corrected chi connectivity index (χ1v) is 8.99. The van der Waals surface area contributed by atoms with Crippen LogP contribution in [0.4, 0.5) is 0 Å². The second-order valence-corrected chi connectivity index (χ2v) is 7.30. The van der Waals surface area contributed by atoms with E-state index in [0.717, 1.165) is 4.68 Å². The summed E-state index contributed by atoms with van der Waals surface area (Å²) in [5.41, 5.74) is -0.478. The molecule has 7 nitrogen and oxygen atoms in total. The molecule has 25 heavy (non-hydrogen) atoms. The first kappa shape index (κ1) is 17.1. The number of hydrogen-bond acceptors (Lipinski definition) is 5. The Bertz CT molecular complexity index is 1130. The molecule has 0 bridgehead atoms. The number of nitrogens with one attached hydrogen (secondary N) is 1. The fourth-order valence-corrected chi connectivity index (χ4v) is 3.53. The second-order valence-electron chi connectivity index (χ2n) is 5.18. The van der Waals surface area contributed by atoms with Gasteiger partial charge < -0.3 is 0 Å². The number of rotatable bonds is 4. The summed E-state index contributed by atoms with van der Waals surface area (Å²) in [5.74, 6) is -0.884. The van der Waals surface area contributed by atoms with Crippen molar-refractivity contribution in [1.82, 2.24) is 14.5 Å². The summed E-state index contributed by atoms with van der Waals surface area (Å²) >= 11 is 5.76. The van der Waals surface area contributed by atoms with Crippen molar-refractivity contribution in [3.63, 3.8) is 0 Å². The van der Waals surface area contributed by atoms with E-state index in [1.54, 1.807) is 24.3 Å². The van der Waals surface area contributed by atoms with Gasteiger partial charge in [0.15, 0.2) is 0 Å². The summed E-state index contributed by atoms with van der Waals surface area (Å²) in [6, 6.07) is 12.3. The van der Waals surface area contributed by atoms with E-state index >= 15 is 0 Å². The van der Waals surface area contributed by atoms with Gasteiger partial charge in [-0.2, -0.15) is 5.10 Å². The highest BCUT2D eigenvalue weighted by Crippen LogP contribution is 2.15. The number of fused-ring (bicyclic) bond motifs is 1. The van der Waals surface area contributed by atoms with Crippen LogP contribution in [0, 0.1) is 0 Å². The van der Waals surface area contributed by atoms with E-state index < -0.39 is 28.0 Å². The molecule has 3 rings (SSSR count). The molecule has 0 atom stereocenters. The minimum atomic E-state index is -4.08. The van der Waals surface area contributed by atoms with E-state index in [9.17, 15) is 18.0 Å². The maximum atomic E-state index is 12.3. The molecular formula is C16H12ClN3O4S. The molecule has 0 fully saturated rings. The van der Waals surface area contributed by atoms with Gasteiger partial charge in [0, 0.05) is 10.4 Å². The highest BCUT2D eigenvalue weighted by Gasteiger charge is 2.19. The molecule has 1 N–H and O–H groups in total. The van der Waals surface area contributed by atoms with E-state index in [2.05, 4.69) is 5.10 Å². The lowest BCUT2D eigenvalue weighted by Gasteiger charge is -2.08. The van der Waals surface area contributed by atoms with Crippen LogP contribution in [0.25, 0.3) is 10.8 Å². The average molecular weight is 378 g/mol. The van der Waals surface area contributed by atoms with Crippen molar-refractivity contribution in [2.24, 2.45) is 0 Å². The molecule has 0 saturated heterocycles. The largest absolute Gasteiger partial charge is 0.275 e. The summed E-state index contributed by atoms with van der Waals surface area (Å²) in [6.07, 6.45) is 1.44. The topological polar surface area (TPSA) is 98.1 Å². The molecule has 0 aliphatic heterocycles. The number of halogens is 1. The molecule has 0 aliphatic carbocycles. The first-order chi connectivity index (χ1) is 11.9. The van der Waals surface area contributed by atoms with Gasteiger partial charge in [0.25, 0.3) is 21.5 Å². The van der Waals surface area contributed by atoms with Crippen LogP contribution < -0.4 is 10.3 Å². The number of aromatic nitrogens is 2. The molecule has 0 radical (unpaired) electrons. The summed E-state index contributed by atoms with van der Waals surface area (Å²) in [4.78, 5) is 24.2. The fourth-order valence-electron chi connectivity index (χ4n) is 2.25. The van der Waals surface area contributed by atoms with Crippen molar-refractivity contribution in [3.8, 4) is 0 Å². The van der Waals surface area contributed by atoms with Gasteiger partial charge in [-0.3, -0.25) is 9.59 Å². The van der Waals surface area contributed by atoms with Gasteiger partial charge in [0.2, 0.25) is 0 Å². The van der Waals surface area contributed by atoms with Crippen LogP contribution in [0.1, 0.15) is 0 Å². The summed E-state index contributed by atoms with van der Waals surface area (Å²) < 4.78 is 27.2. The molecule has 1 heterocycles. The Morgan fingerprint density at radius 1 is 1.16 bits per heavy atom. The number of sulfonamides is 1. The normalized spacial score (nSPS) is 11.4. The van der Waals surface area contributed by atoms with Gasteiger partial charge in [-0.1, -0.05) is 35.9 Å². The van der Waals surface area contributed by atoms with Crippen LogP contribution in [0.2, 0.25) is 5.02 Å².